The van der Waals surface area contributed by atoms with Gasteiger partial charge < -0.3 is 0 Å². The third kappa shape index (κ3) is 2.38. The Labute approximate surface area is 166 Å². The normalized spacial score (nSPS) is 21.3. The summed E-state index contributed by atoms with van der Waals surface area (Å²) in [7, 11) is 0. The van der Waals surface area contributed by atoms with Gasteiger partial charge in [-0.25, -0.2) is 0 Å². The lowest BCUT2D eigenvalue weighted by molar-refractivity contribution is 0.694. The molecule has 0 aliphatic heterocycles. The molecule has 3 aliphatic rings. The second kappa shape index (κ2) is 6.21. The number of hydrogen-bond donors (Lipinski definition) is 0. The Bertz CT molecular complexity index is 1220. The van der Waals surface area contributed by atoms with E-state index in [0.29, 0.717) is 11.8 Å². The van der Waals surface area contributed by atoms with Crippen LogP contribution < -0.4 is 0 Å². The van der Waals surface area contributed by atoms with E-state index in [9.17, 15) is 0 Å². The summed E-state index contributed by atoms with van der Waals surface area (Å²) in [4.78, 5) is 0. The summed E-state index contributed by atoms with van der Waals surface area (Å²) in [5.74, 6) is 0.988. The van der Waals surface area contributed by atoms with Crippen molar-refractivity contribution >= 4 is 10.8 Å². The lowest BCUT2D eigenvalue weighted by Gasteiger charge is -2.19. The van der Waals surface area contributed by atoms with Crippen molar-refractivity contribution in [2.24, 2.45) is 5.92 Å². The van der Waals surface area contributed by atoms with Gasteiger partial charge in [0.15, 0.2) is 0 Å². The first-order valence-corrected chi connectivity index (χ1v) is 10.3. The molecule has 0 spiro atoms. The Balaban J connectivity index is 1.37. The monoisotopic (exact) mass is 358 g/mol. The molecule has 0 fully saturated rings. The van der Waals surface area contributed by atoms with Crippen molar-refractivity contribution in [2.45, 2.75) is 18.8 Å². The predicted molar refractivity (Wildman–Crippen MR) is 118 cm³/mol. The standard InChI is InChI=1S/C28H22/c1-2-9-22-18-28-26(16-15-20-14-13-19-7-3-4-10-23(19)20)24-11-5-6-12-25(24)27(28)17-21(22)8-1/h1-14,17-18,23,26H,15-16H2. The first-order chi connectivity index (χ1) is 13.9. The van der Waals surface area contributed by atoms with Crippen molar-refractivity contribution < 1.29 is 0 Å². The maximum absolute atomic E-state index is 2.44. The van der Waals surface area contributed by atoms with Gasteiger partial charge in [-0.2, -0.15) is 0 Å². The third-order valence-electron chi connectivity index (χ3n) is 6.59. The first kappa shape index (κ1) is 15.9. The van der Waals surface area contributed by atoms with E-state index >= 15 is 0 Å². The van der Waals surface area contributed by atoms with Crippen LogP contribution in [0, 0.1) is 5.92 Å². The summed E-state index contributed by atoms with van der Waals surface area (Å²) in [6.45, 7) is 0. The van der Waals surface area contributed by atoms with Gasteiger partial charge >= 0.3 is 0 Å². The summed E-state index contributed by atoms with van der Waals surface area (Å²) in [6.07, 6.45) is 15.9. The van der Waals surface area contributed by atoms with Crippen LogP contribution in [0.3, 0.4) is 0 Å². The van der Waals surface area contributed by atoms with Crippen LogP contribution in [0.5, 0.6) is 0 Å². The predicted octanol–water partition coefficient (Wildman–Crippen LogP) is 7.34. The van der Waals surface area contributed by atoms with Crippen LogP contribution in [-0.4, -0.2) is 0 Å². The van der Waals surface area contributed by atoms with Crippen LogP contribution in [0.2, 0.25) is 0 Å². The maximum Gasteiger partial charge on any atom is 0.0234 e. The summed E-state index contributed by atoms with van der Waals surface area (Å²) in [6, 6.07) is 22.6. The number of rotatable bonds is 3. The summed E-state index contributed by atoms with van der Waals surface area (Å²) in [5, 5.41) is 2.69. The molecule has 3 aromatic rings. The Morgan fingerprint density at radius 2 is 1.54 bits per heavy atom. The van der Waals surface area contributed by atoms with Crippen molar-refractivity contribution in [1.82, 2.24) is 0 Å². The van der Waals surface area contributed by atoms with Crippen LogP contribution in [-0.2, 0) is 0 Å². The lowest BCUT2D eigenvalue weighted by Crippen LogP contribution is -2.04. The van der Waals surface area contributed by atoms with E-state index in [1.54, 1.807) is 5.57 Å². The van der Waals surface area contributed by atoms with E-state index in [0.717, 1.165) is 6.42 Å². The fourth-order valence-corrected chi connectivity index (χ4v) is 5.21. The van der Waals surface area contributed by atoms with Gasteiger partial charge in [0.2, 0.25) is 0 Å². The molecule has 28 heavy (non-hydrogen) atoms. The molecule has 0 heteroatoms. The van der Waals surface area contributed by atoms with Crippen LogP contribution in [0.4, 0.5) is 0 Å². The van der Waals surface area contributed by atoms with Gasteiger partial charge in [0, 0.05) is 11.8 Å². The van der Waals surface area contributed by atoms with Gasteiger partial charge in [-0.15, -0.1) is 0 Å². The van der Waals surface area contributed by atoms with Gasteiger partial charge in [-0.1, -0.05) is 90.6 Å². The highest BCUT2D eigenvalue weighted by Crippen LogP contribution is 2.49. The molecule has 2 unspecified atom stereocenters. The van der Waals surface area contributed by atoms with Gasteiger partial charge in [0.25, 0.3) is 0 Å². The summed E-state index contributed by atoms with van der Waals surface area (Å²) < 4.78 is 0. The molecule has 134 valence electrons. The van der Waals surface area contributed by atoms with Crippen molar-refractivity contribution in [2.75, 3.05) is 0 Å². The van der Waals surface area contributed by atoms with Gasteiger partial charge in [0.1, 0.15) is 0 Å². The SMILES string of the molecule is C1=CC2=CC=C(CCC3c4ccccc4-c4cc5ccccc5cc43)C2C=C1. The molecule has 0 bridgehead atoms. The molecular weight excluding hydrogens is 336 g/mol. The number of benzene rings is 3. The number of allylic oxidation sites excluding steroid dienone is 8. The van der Waals surface area contributed by atoms with Gasteiger partial charge in [0.05, 0.1) is 0 Å². The maximum atomic E-state index is 2.44. The Kier molecular flexibility index (Phi) is 3.52. The topological polar surface area (TPSA) is 0 Å². The second-order valence-electron chi connectivity index (χ2n) is 8.10. The van der Waals surface area contributed by atoms with Crippen LogP contribution >= 0.6 is 0 Å². The Morgan fingerprint density at radius 3 is 2.46 bits per heavy atom. The molecule has 3 aliphatic carbocycles. The fourth-order valence-electron chi connectivity index (χ4n) is 5.21. The minimum Gasteiger partial charge on any atom is -0.0730 e. The van der Waals surface area contributed by atoms with E-state index in [1.807, 2.05) is 0 Å². The molecule has 0 saturated carbocycles. The third-order valence-corrected chi connectivity index (χ3v) is 6.59. The molecule has 6 rings (SSSR count). The zero-order chi connectivity index (χ0) is 18.5. The quantitative estimate of drug-likeness (QED) is 0.459. The highest BCUT2D eigenvalue weighted by molar-refractivity contribution is 5.92. The van der Waals surface area contributed by atoms with Crippen LogP contribution in [0.15, 0.2) is 108 Å². The molecule has 0 radical (unpaired) electrons. The molecule has 0 nitrogen and oxygen atoms in total. The average Bonchev–Trinajstić information content (AvgIpc) is 3.29. The minimum absolute atomic E-state index is 0.490. The van der Waals surface area contributed by atoms with Crippen LogP contribution in [0.1, 0.15) is 29.9 Å². The Hall–Kier alpha value is -3.12. The summed E-state index contributed by atoms with van der Waals surface area (Å²) >= 11 is 0. The molecule has 3 aromatic carbocycles. The zero-order valence-corrected chi connectivity index (χ0v) is 15.8. The van der Waals surface area contributed by atoms with E-state index < -0.39 is 0 Å². The summed E-state index contributed by atoms with van der Waals surface area (Å²) in [5.41, 5.74) is 8.86. The van der Waals surface area contributed by atoms with Gasteiger partial charge in [-0.05, 0) is 63.6 Å². The molecular formula is C28H22. The van der Waals surface area contributed by atoms with Gasteiger partial charge in [-0.3, -0.25) is 0 Å². The van der Waals surface area contributed by atoms with Crippen molar-refractivity contribution in [3.63, 3.8) is 0 Å². The molecule has 0 heterocycles. The average molecular weight is 358 g/mol. The first-order valence-electron chi connectivity index (χ1n) is 10.3. The van der Waals surface area contributed by atoms with E-state index in [2.05, 4.69) is 97.1 Å². The van der Waals surface area contributed by atoms with Crippen molar-refractivity contribution in [3.8, 4) is 11.1 Å². The Morgan fingerprint density at radius 1 is 0.714 bits per heavy atom. The smallest absolute Gasteiger partial charge is 0.0234 e. The van der Waals surface area contributed by atoms with E-state index in [4.69, 9.17) is 0 Å². The second-order valence-corrected chi connectivity index (χ2v) is 8.10. The molecule has 0 amide bonds. The van der Waals surface area contributed by atoms with Crippen LogP contribution in [0.25, 0.3) is 21.9 Å². The van der Waals surface area contributed by atoms with Crippen molar-refractivity contribution in [1.29, 1.82) is 0 Å². The lowest BCUT2D eigenvalue weighted by atomic mass is 9.85. The number of hydrogen-bond acceptors (Lipinski definition) is 0. The molecule has 0 saturated heterocycles. The fraction of sp³-hybridized carbons (Fsp3) is 0.143. The number of fused-ring (bicyclic) bond motifs is 5. The molecule has 0 aromatic heterocycles. The van der Waals surface area contributed by atoms with E-state index in [-0.39, 0.29) is 0 Å². The molecule has 0 N–H and O–H groups in total. The zero-order valence-electron chi connectivity index (χ0n) is 15.8. The largest absolute Gasteiger partial charge is 0.0730 e. The molecule has 2 atom stereocenters. The van der Waals surface area contributed by atoms with E-state index in [1.165, 1.54) is 45.0 Å². The highest BCUT2D eigenvalue weighted by Gasteiger charge is 2.30. The highest BCUT2D eigenvalue weighted by atomic mass is 14.3. The minimum atomic E-state index is 0.490. The van der Waals surface area contributed by atoms with Crippen molar-refractivity contribution in [3.05, 3.63) is 119 Å².